The highest BCUT2D eigenvalue weighted by molar-refractivity contribution is 7.31. The van der Waals surface area contributed by atoms with Crippen molar-refractivity contribution in [2.45, 2.75) is 32.5 Å². The SMILES string of the molecule is CCCOC(=O)C(C)N.FCF.O=C(Oc1c(F)c(F)c(F)c(F)c1F)c1cc2cc(CPOc3ccccc3)ccc2s1. The lowest BCUT2D eigenvalue weighted by Crippen LogP contribution is -2.28. The van der Waals surface area contributed by atoms with Crippen LogP contribution in [0.25, 0.3) is 10.1 Å². The lowest BCUT2D eigenvalue weighted by Gasteiger charge is -2.07. The maximum atomic E-state index is 13.8. The molecular weight excluding hydrogens is 638 g/mol. The molecule has 0 saturated carbocycles. The molecule has 4 rings (SSSR count). The third-order valence-electron chi connectivity index (χ3n) is 5.18. The first-order valence-corrected chi connectivity index (χ1v) is 14.6. The van der Waals surface area contributed by atoms with E-state index in [0.29, 0.717) is 22.9 Å². The monoisotopic (exact) mass is 665 g/mol. The Bertz CT molecular complexity index is 1510. The third kappa shape index (κ3) is 10.5. The molecular formula is C29H27F7NO5PS. The maximum Gasteiger partial charge on any atom is 0.353 e. The zero-order valence-corrected chi connectivity index (χ0v) is 25.1. The summed E-state index contributed by atoms with van der Waals surface area (Å²) in [5.74, 6) is -13.6. The Morgan fingerprint density at radius 3 is 2.07 bits per heavy atom. The van der Waals surface area contributed by atoms with Gasteiger partial charge < -0.3 is 19.7 Å². The van der Waals surface area contributed by atoms with Gasteiger partial charge in [0.15, 0.2) is 0 Å². The van der Waals surface area contributed by atoms with Gasteiger partial charge in [0.2, 0.25) is 41.8 Å². The van der Waals surface area contributed by atoms with E-state index in [1.807, 2.05) is 49.4 Å². The van der Waals surface area contributed by atoms with E-state index < -0.39 is 53.8 Å². The van der Waals surface area contributed by atoms with E-state index in [4.69, 9.17) is 10.3 Å². The van der Waals surface area contributed by atoms with Gasteiger partial charge in [-0.2, -0.15) is 8.78 Å². The predicted molar refractivity (Wildman–Crippen MR) is 154 cm³/mol. The van der Waals surface area contributed by atoms with Gasteiger partial charge in [0, 0.05) is 10.9 Å². The molecule has 6 nitrogen and oxygen atoms in total. The van der Waals surface area contributed by atoms with Crippen molar-refractivity contribution < 1.29 is 54.3 Å². The molecule has 3 aromatic carbocycles. The summed E-state index contributed by atoms with van der Waals surface area (Å²) in [7, 11) is 0.162. The van der Waals surface area contributed by atoms with Crippen molar-refractivity contribution >= 4 is 42.2 Å². The number of ether oxygens (including phenoxy) is 2. The number of benzene rings is 3. The number of halogens is 7. The van der Waals surface area contributed by atoms with Gasteiger partial charge in [0.05, 0.1) is 15.4 Å². The molecule has 0 aliphatic rings. The second-order valence-electron chi connectivity index (χ2n) is 8.56. The Balaban J connectivity index is 0.000000479. The zero-order valence-electron chi connectivity index (χ0n) is 23.3. The number of alkyl halides is 2. The summed E-state index contributed by atoms with van der Waals surface area (Å²) in [4.78, 5) is 22.8. The van der Waals surface area contributed by atoms with Crippen molar-refractivity contribution in [1.29, 1.82) is 0 Å². The Morgan fingerprint density at radius 2 is 1.50 bits per heavy atom. The standard InChI is InChI=1S/C22H12F5O3PS.C6H13NO2.CH2F2/c23-16-17(24)19(26)21(20(27)18(16)25)29-22(28)15-9-12-8-11(6-7-14(12)32-15)10-31-30-13-4-2-1-3-5-13;1-3-4-9-6(8)5(2)7;2-1-3/h1-9,31H,10H2;5H,3-4,7H2,1-2H3;1H2. The molecule has 2 N–H and O–H groups in total. The molecule has 1 aromatic heterocycles. The number of para-hydroxylation sites is 1. The minimum atomic E-state index is -2.33. The average molecular weight is 666 g/mol. The normalized spacial score (nSPS) is 11.3. The lowest BCUT2D eigenvalue weighted by molar-refractivity contribution is -0.144. The second-order valence-corrected chi connectivity index (χ2v) is 10.5. The molecule has 15 heteroatoms. The smallest absolute Gasteiger partial charge is 0.353 e. The van der Waals surface area contributed by atoms with Crippen molar-refractivity contribution in [1.82, 2.24) is 0 Å². The van der Waals surface area contributed by atoms with Crippen molar-refractivity contribution in [3.63, 3.8) is 0 Å². The van der Waals surface area contributed by atoms with Gasteiger partial charge in [-0.25, -0.2) is 26.7 Å². The molecule has 0 radical (unpaired) electrons. The fourth-order valence-electron chi connectivity index (χ4n) is 3.15. The van der Waals surface area contributed by atoms with E-state index in [1.165, 1.54) is 6.07 Å². The van der Waals surface area contributed by atoms with Crippen LogP contribution in [0.4, 0.5) is 30.7 Å². The summed E-state index contributed by atoms with van der Waals surface area (Å²) in [5, 5.41) is 0.668. The number of carbonyl (C=O) groups excluding carboxylic acids is 2. The van der Waals surface area contributed by atoms with E-state index in [-0.39, 0.29) is 19.7 Å². The fourth-order valence-corrected chi connectivity index (χ4v) is 4.83. The number of esters is 2. The maximum absolute atomic E-state index is 13.8. The highest BCUT2D eigenvalue weighted by atomic mass is 32.1. The first kappa shape index (κ1) is 36.5. The van der Waals surface area contributed by atoms with Crippen LogP contribution in [0.5, 0.6) is 11.5 Å². The van der Waals surface area contributed by atoms with Crippen molar-refractivity contribution in [3.05, 3.63) is 94.1 Å². The van der Waals surface area contributed by atoms with E-state index in [0.717, 1.165) is 29.1 Å². The second kappa shape index (κ2) is 18.2. The van der Waals surface area contributed by atoms with Crippen LogP contribution in [-0.2, 0) is 15.7 Å². The fraction of sp³-hybridized carbons (Fsp3) is 0.241. The van der Waals surface area contributed by atoms with Crippen LogP contribution in [0.2, 0.25) is 0 Å². The largest absolute Gasteiger partial charge is 0.477 e. The van der Waals surface area contributed by atoms with Crippen molar-refractivity contribution in [2.75, 3.05) is 13.5 Å². The Morgan fingerprint density at radius 1 is 0.909 bits per heavy atom. The molecule has 0 aliphatic carbocycles. The molecule has 0 amide bonds. The van der Waals surface area contributed by atoms with Gasteiger partial charge in [-0.1, -0.05) is 31.2 Å². The number of thiophene rings is 1. The van der Waals surface area contributed by atoms with E-state index in [9.17, 15) is 40.3 Å². The van der Waals surface area contributed by atoms with Crippen molar-refractivity contribution in [2.24, 2.45) is 5.73 Å². The minimum absolute atomic E-state index is 0.0518. The van der Waals surface area contributed by atoms with Gasteiger partial charge in [-0.05, 0) is 54.6 Å². The summed E-state index contributed by atoms with van der Waals surface area (Å²) < 4.78 is 102. The number of hydrogen-bond donors (Lipinski definition) is 1. The molecule has 0 saturated heterocycles. The Labute approximate surface area is 253 Å². The van der Waals surface area contributed by atoms with E-state index >= 15 is 0 Å². The molecule has 44 heavy (non-hydrogen) atoms. The zero-order chi connectivity index (χ0) is 32.8. The predicted octanol–water partition coefficient (Wildman–Crippen LogP) is 8.16. The van der Waals surface area contributed by atoms with Gasteiger partial charge in [0.1, 0.15) is 16.7 Å². The molecule has 0 aliphatic heterocycles. The molecule has 2 unspecified atom stereocenters. The van der Waals surface area contributed by atoms with Gasteiger partial charge in [0.25, 0.3) is 0 Å². The minimum Gasteiger partial charge on any atom is -0.477 e. The van der Waals surface area contributed by atoms with Crippen LogP contribution in [0, 0.1) is 29.1 Å². The number of nitrogens with two attached hydrogens (primary N) is 1. The van der Waals surface area contributed by atoms with Crippen LogP contribution in [0.15, 0.2) is 54.6 Å². The number of hydrogen-bond acceptors (Lipinski definition) is 7. The quantitative estimate of drug-likeness (QED) is 0.0485. The number of carbonyl (C=O) groups is 2. The van der Waals surface area contributed by atoms with Gasteiger partial charge in [-0.15, -0.1) is 11.3 Å². The summed E-state index contributed by atoms with van der Waals surface area (Å²) in [6.07, 6.45) is 1.46. The molecule has 238 valence electrons. The van der Waals surface area contributed by atoms with Crippen molar-refractivity contribution in [3.8, 4) is 11.5 Å². The number of rotatable bonds is 9. The Kier molecular flexibility index (Phi) is 15.0. The number of fused-ring (bicyclic) bond motifs is 1. The third-order valence-corrected chi connectivity index (χ3v) is 7.20. The van der Waals surface area contributed by atoms with Gasteiger partial charge >= 0.3 is 11.9 Å². The lowest BCUT2D eigenvalue weighted by atomic mass is 10.2. The first-order chi connectivity index (χ1) is 20.9. The summed E-state index contributed by atoms with van der Waals surface area (Å²) >= 11 is 0.967. The van der Waals surface area contributed by atoms with E-state index in [2.05, 4.69) is 9.47 Å². The topological polar surface area (TPSA) is 87.9 Å². The van der Waals surface area contributed by atoms with Crippen LogP contribution in [0.1, 0.15) is 35.5 Å². The van der Waals surface area contributed by atoms with Crippen LogP contribution in [0.3, 0.4) is 0 Å². The average Bonchev–Trinajstić information content (AvgIpc) is 3.45. The van der Waals surface area contributed by atoms with E-state index in [1.54, 1.807) is 13.0 Å². The molecule has 2 atom stereocenters. The highest BCUT2D eigenvalue weighted by Gasteiger charge is 2.29. The molecule has 0 fully saturated rings. The molecule has 4 aromatic rings. The van der Waals surface area contributed by atoms with Gasteiger partial charge in [-0.3, -0.25) is 4.79 Å². The van der Waals surface area contributed by atoms with Crippen LogP contribution < -0.4 is 15.0 Å². The summed E-state index contributed by atoms with van der Waals surface area (Å²) in [6.45, 7) is 2.27. The summed E-state index contributed by atoms with van der Waals surface area (Å²) in [6, 6.07) is 15.7. The Hall–Kier alpha value is -3.74. The van der Waals surface area contributed by atoms with Crippen LogP contribution in [-0.4, -0.2) is 31.5 Å². The summed E-state index contributed by atoms with van der Waals surface area (Å²) in [5.41, 5.74) is 6.14. The molecule has 1 heterocycles. The highest BCUT2D eigenvalue weighted by Crippen LogP contribution is 2.33. The van der Waals surface area contributed by atoms with Crippen LogP contribution >= 0.6 is 20.1 Å². The molecule has 0 bridgehead atoms. The molecule has 0 spiro atoms. The first-order valence-electron chi connectivity index (χ1n) is 12.7.